The predicted octanol–water partition coefficient (Wildman–Crippen LogP) is 3.16. The molecule has 94 valence electrons. The quantitative estimate of drug-likeness (QED) is 0.807. The van der Waals surface area contributed by atoms with Crippen molar-refractivity contribution in [1.29, 1.82) is 5.26 Å². The minimum Gasteiger partial charge on any atom is -0.298 e. The van der Waals surface area contributed by atoms with Crippen LogP contribution in [0.4, 0.5) is 8.78 Å². The Hall–Kier alpha value is -1.76. The maximum atomic E-state index is 13.6. The Bertz CT molecular complexity index is 521. The number of rotatable bonds is 2. The highest BCUT2D eigenvalue weighted by Gasteiger charge is 2.40. The zero-order valence-electron chi connectivity index (χ0n) is 9.88. The second-order valence-electron chi connectivity index (χ2n) is 4.74. The van der Waals surface area contributed by atoms with Gasteiger partial charge < -0.3 is 0 Å². The molecule has 1 fully saturated rings. The Labute approximate surface area is 104 Å². The molecule has 18 heavy (non-hydrogen) atoms. The second-order valence-corrected chi connectivity index (χ2v) is 4.74. The lowest BCUT2D eigenvalue weighted by molar-refractivity contribution is -0.128. The van der Waals surface area contributed by atoms with Gasteiger partial charge in [0.25, 0.3) is 0 Å². The molecule has 1 unspecified atom stereocenters. The summed E-state index contributed by atoms with van der Waals surface area (Å²) in [7, 11) is 0. The molecule has 0 amide bonds. The minimum absolute atomic E-state index is 0.0358. The summed E-state index contributed by atoms with van der Waals surface area (Å²) in [5.41, 5.74) is -1.07. The molecule has 1 aliphatic rings. The fraction of sp³-hybridized carbons (Fsp3) is 0.429. The van der Waals surface area contributed by atoms with Crippen LogP contribution >= 0.6 is 0 Å². The molecule has 1 aliphatic carbocycles. The van der Waals surface area contributed by atoms with Crippen LogP contribution in [0.15, 0.2) is 18.2 Å². The van der Waals surface area contributed by atoms with Crippen molar-refractivity contribution in [1.82, 2.24) is 0 Å². The van der Waals surface area contributed by atoms with Gasteiger partial charge in [0.15, 0.2) is 5.78 Å². The molecule has 0 aliphatic heterocycles. The first-order chi connectivity index (χ1) is 8.57. The third kappa shape index (κ3) is 2.26. The van der Waals surface area contributed by atoms with Crippen molar-refractivity contribution < 1.29 is 13.6 Å². The highest BCUT2D eigenvalue weighted by molar-refractivity contribution is 5.88. The third-order valence-electron chi connectivity index (χ3n) is 3.51. The Kier molecular flexibility index (Phi) is 3.42. The van der Waals surface area contributed by atoms with E-state index in [0.29, 0.717) is 12.8 Å². The van der Waals surface area contributed by atoms with Crippen molar-refractivity contribution >= 4 is 5.78 Å². The van der Waals surface area contributed by atoms with Gasteiger partial charge in [0.1, 0.15) is 17.0 Å². The molecule has 1 aromatic carbocycles. The van der Waals surface area contributed by atoms with Crippen LogP contribution in [0.2, 0.25) is 0 Å². The SMILES string of the molecule is N#CC1(Cc2cc(F)ccc2F)CCCCC1=O. The summed E-state index contributed by atoms with van der Waals surface area (Å²) in [5, 5.41) is 9.25. The lowest BCUT2D eigenvalue weighted by Gasteiger charge is -2.29. The number of Topliss-reactive ketones (excluding diaryl/α,β-unsaturated/α-hetero) is 1. The van der Waals surface area contributed by atoms with Gasteiger partial charge in [-0.2, -0.15) is 5.26 Å². The maximum absolute atomic E-state index is 13.6. The van der Waals surface area contributed by atoms with Crippen LogP contribution in [0.5, 0.6) is 0 Å². The average molecular weight is 249 g/mol. The standard InChI is InChI=1S/C14H13F2NO/c15-11-4-5-12(16)10(7-11)8-14(9-17)6-2-1-3-13(14)18/h4-5,7H,1-3,6,8H2. The predicted molar refractivity (Wildman–Crippen MR) is 61.6 cm³/mol. The van der Waals surface area contributed by atoms with Gasteiger partial charge >= 0.3 is 0 Å². The number of ketones is 1. The van der Waals surface area contributed by atoms with Gasteiger partial charge in [0, 0.05) is 12.8 Å². The van der Waals surface area contributed by atoms with Crippen LogP contribution in [0.3, 0.4) is 0 Å². The average Bonchev–Trinajstić information content (AvgIpc) is 2.37. The van der Waals surface area contributed by atoms with E-state index in [1.54, 1.807) is 0 Å². The van der Waals surface area contributed by atoms with Crippen LogP contribution < -0.4 is 0 Å². The van der Waals surface area contributed by atoms with Gasteiger partial charge in [0.05, 0.1) is 6.07 Å². The number of benzene rings is 1. The van der Waals surface area contributed by atoms with Crippen LogP contribution in [0.1, 0.15) is 31.2 Å². The van der Waals surface area contributed by atoms with E-state index in [1.165, 1.54) is 0 Å². The van der Waals surface area contributed by atoms with Crippen LogP contribution in [0, 0.1) is 28.4 Å². The van der Waals surface area contributed by atoms with Gasteiger partial charge in [-0.25, -0.2) is 8.78 Å². The van der Waals surface area contributed by atoms with Crippen molar-refractivity contribution in [3.8, 4) is 6.07 Å². The lowest BCUT2D eigenvalue weighted by atomic mass is 9.70. The normalized spacial score (nSPS) is 23.7. The highest BCUT2D eigenvalue weighted by Crippen LogP contribution is 2.36. The molecule has 0 aromatic heterocycles. The van der Waals surface area contributed by atoms with E-state index < -0.39 is 17.0 Å². The second kappa shape index (κ2) is 4.85. The van der Waals surface area contributed by atoms with Crippen molar-refractivity contribution in [2.45, 2.75) is 32.1 Å². The first kappa shape index (κ1) is 12.7. The lowest BCUT2D eigenvalue weighted by Crippen LogP contribution is -2.35. The Morgan fingerprint density at radius 3 is 2.78 bits per heavy atom. The minimum atomic E-state index is -1.17. The van der Waals surface area contributed by atoms with Gasteiger partial charge in [-0.3, -0.25) is 4.79 Å². The molecule has 0 bridgehead atoms. The van der Waals surface area contributed by atoms with Crippen molar-refractivity contribution in [3.05, 3.63) is 35.4 Å². The Morgan fingerprint density at radius 2 is 2.11 bits per heavy atom. The van der Waals surface area contributed by atoms with Gasteiger partial charge in [-0.15, -0.1) is 0 Å². The zero-order chi connectivity index (χ0) is 13.2. The molecule has 1 saturated carbocycles. The molecule has 4 heteroatoms. The van der Waals surface area contributed by atoms with E-state index in [9.17, 15) is 18.8 Å². The number of hydrogen-bond donors (Lipinski definition) is 0. The first-order valence-corrected chi connectivity index (χ1v) is 5.96. The number of carbonyl (C=O) groups is 1. The molecule has 0 heterocycles. The van der Waals surface area contributed by atoms with Crippen LogP contribution in [0.25, 0.3) is 0 Å². The molecule has 1 aromatic rings. The van der Waals surface area contributed by atoms with E-state index >= 15 is 0 Å². The number of halogens is 2. The Balaban J connectivity index is 2.33. The van der Waals surface area contributed by atoms with E-state index in [4.69, 9.17) is 0 Å². The summed E-state index contributed by atoms with van der Waals surface area (Å²) in [6.45, 7) is 0. The van der Waals surface area contributed by atoms with Crippen molar-refractivity contribution in [2.24, 2.45) is 5.41 Å². The van der Waals surface area contributed by atoms with E-state index in [1.807, 2.05) is 6.07 Å². The number of nitriles is 1. The maximum Gasteiger partial charge on any atom is 0.153 e. The number of hydrogen-bond acceptors (Lipinski definition) is 2. The number of nitrogens with zero attached hydrogens (tertiary/aromatic N) is 1. The van der Waals surface area contributed by atoms with Gasteiger partial charge in [0.2, 0.25) is 0 Å². The zero-order valence-corrected chi connectivity index (χ0v) is 9.88. The molecular formula is C14H13F2NO. The van der Waals surface area contributed by atoms with E-state index in [0.717, 1.165) is 31.0 Å². The molecule has 2 rings (SSSR count). The summed E-state index contributed by atoms with van der Waals surface area (Å²) in [4.78, 5) is 11.9. The number of carbonyl (C=O) groups excluding carboxylic acids is 1. The van der Waals surface area contributed by atoms with Crippen LogP contribution in [-0.2, 0) is 11.2 Å². The topological polar surface area (TPSA) is 40.9 Å². The van der Waals surface area contributed by atoms with E-state index in [-0.39, 0.29) is 17.8 Å². The molecule has 1 atom stereocenters. The summed E-state index contributed by atoms with van der Waals surface area (Å²) < 4.78 is 26.7. The van der Waals surface area contributed by atoms with Crippen molar-refractivity contribution in [3.63, 3.8) is 0 Å². The summed E-state index contributed by atoms with van der Waals surface area (Å²) >= 11 is 0. The largest absolute Gasteiger partial charge is 0.298 e. The summed E-state index contributed by atoms with van der Waals surface area (Å²) in [6.07, 6.45) is 2.29. The van der Waals surface area contributed by atoms with E-state index in [2.05, 4.69) is 0 Å². The molecule has 0 saturated heterocycles. The molecule has 2 nitrogen and oxygen atoms in total. The van der Waals surface area contributed by atoms with Crippen molar-refractivity contribution in [2.75, 3.05) is 0 Å². The molecule has 0 N–H and O–H groups in total. The first-order valence-electron chi connectivity index (χ1n) is 5.96. The van der Waals surface area contributed by atoms with Crippen LogP contribution in [-0.4, -0.2) is 5.78 Å². The molecule has 0 radical (unpaired) electrons. The Morgan fingerprint density at radius 1 is 1.33 bits per heavy atom. The molecule has 0 spiro atoms. The summed E-state index contributed by atoms with van der Waals surface area (Å²) in [5.74, 6) is -1.27. The highest BCUT2D eigenvalue weighted by atomic mass is 19.1. The summed E-state index contributed by atoms with van der Waals surface area (Å²) in [6, 6.07) is 5.15. The monoisotopic (exact) mass is 249 g/mol. The van der Waals surface area contributed by atoms with Gasteiger partial charge in [-0.1, -0.05) is 6.42 Å². The fourth-order valence-electron chi connectivity index (χ4n) is 2.44. The smallest absolute Gasteiger partial charge is 0.153 e. The third-order valence-corrected chi connectivity index (χ3v) is 3.51. The molecular weight excluding hydrogens is 236 g/mol. The fourth-order valence-corrected chi connectivity index (χ4v) is 2.44. The van der Waals surface area contributed by atoms with Gasteiger partial charge in [-0.05, 0) is 36.6 Å².